The van der Waals surface area contributed by atoms with Crippen LogP contribution in [0.5, 0.6) is 0 Å². The van der Waals surface area contributed by atoms with E-state index in [-0.39, 0.29) is 18.0 Å². The highest BCUT2D eigenvalue weighted by Crippen LogP contribution is 2.24. The first kappa shape index (κ1) is 22.0. The van der Waals surface area contributed by atoms with Crippen LogP contribution >= 0.6 is 0 Å². The van der Waals surface area contributed by atoms with Crippen molar-refractivity contribution in [2.45, 2.75) is 51.5 Å². The van der Waals surface area contributed by atoms with E-state index in [2.05, 4.69) is 4.98 Å². The van der Waals surface area contributed by atoms with Crippen molar-refractivity contribution in [3.8, 4) is 11.5 Å². The second-order valence-corrected chi connectivity index (χ2v) is 11.3. The number of ketones is 1. The molecule has 0 amide bonds. The molecule has 1 heterocycles. The van der Waals surface area contributed by atoms with Crippen LogP contribution in [0.15, 0.2) is 53.3 Å². The van der Waals surface area contributed by atoms with Gasteiger partial charge in [0.1, 0.15) is 6.26 Å². The number of rotatable bonds is 6. The average Bonchev–Trinajstić information content (AvgIpc) is 3.18. The fraction of sp³-hybridized carbons (Fsp3) is 0.333. The number of aryl methyl sites for hydroxylation is 2. The summed E-state index contributed by atoms with van der Waals surface area (Å²) in [7, 11) is -3.28. The van der Waals surface area contributed by atoms with E-state index in [1.165, 1.54) is 6.26 Å². The maximum absolute atomic E-state index is 12.8. The van der Waals surface area contributed by atoms with Crippen molar-refractivity contribution in [1.29, 1.82) is 0 Å². The zero-order valence-corrected chi connectivity index (χ0v) is 18.8. The van der Waals surface area contributed by atoms with Gasteiger partial charge in [-0.1, -0.05) is 18.2 Å². The van der Waals surface area contributed by atoms with Crippen LogP contribution in [0.4, 0.5) is 0 Å². The van der Waals surface area contributed by atoms with E-state index in [0.29, 0.717) is 11.5 Å². The quantitative estimate of drug-likeness (QED) is 0.514. The number of oxazole rings is 1. The van der Waals surface area contributed by atoms with Crippen molar-refractivity contribution in [2.24, 2.45) is 0 Å². The van der Waals surface area contributed by atoms with Crippen LogP contribution in [0, 0.1) is 13.8 Å². The first-order valence-electron chi connectivity index (χ1n) is 9.82. The van der Waals surface area contributed by atoms with Crippen LogP contribution in [-0.4, -0.2) is 23.9 Å². The van der Waals surface area contributed by atoms with Gasteiger partial charge in [-0.25, -0.2) is 13.4 Å². The minimum absolute atomic E-state index is 0.00435. The third-order valence-corrected chi connectivity index (χ3v) is 7.87. The van der Waals surface area contributed by atoms with Gasteiger partial charge in [-0.05, 0) is 75.1 Å². The average molecular weight is 426 g/mol. The van der Waals surface area contributed by atoms with E-state index in [4.69, 9.17) is 4.42 Å². The van der Waals surface area contributed by atoms with Crippen molar-refractivity contribution >= 4 is 15.6 Å². The van der Waals surface area contributed by atoms with Gasteiger partial charge in [-0.3, -0.25) is 4.79 Å². The molecule has 0 bridgehead atoms. The number of benzene rings is 2. The minimum atomic E-state index is -3.28. The smallest absolute Gasteiger partial charge is 0.225 e. The molecule has 2 aromatic carbocycles. The molecule has 0 aliphatic carbocycles. The molecule has 6 heteroatoms. The normalized spacial score (nSPS) is 12.2. The van der Waals surface area contributed by atoms with Crippen molar-refractivity contribution in [2.75, 3.05) is 0 Å². The van der Waals surface area contributed by atoms with Gasteiger partial charge in [-0.2, -0.15) is 0 Å². The monoisotopic (exact) mass is 425 g/mol. The van der Waals surface area contributed by atoms with Crippen molar-refractivity contribution in [3.05, 3.63) is 76.7 Å². The van der Waals surface area contributed by atoms with Gasteiger partial charge in [0.25, 0.3) is 0 Å². The number of nitrogens with zero attached hydrogens (tertiary/aromatic N) is 1. The largest absolute Gasteiger partial charge is 0.445 e. The van der Waals surface area contributed by atoms with Gasteiger partial charge in [-0.15, -0.1) is 0 Å². The summed E-state index contributed by atoms with van der Waals surface area (Å²) in [5, 5.41) is 0. The highest BCUT2D eigenvalue weighted by atomic mass is 32.2. The molecule has 0 atom stereocenters. The van der Waals surface area contributed by atoms with Crippen LogP contribution in [0.1, 0.15) is 53.4 Å². The molecule has 158 valence electrons. The van der Waals surface area contributed by atoms with Crippen LogP contribution < -0.4 is 0 Å². The zero-order valence-electron chi connectivity index (χ0n) is 18.0. The molecule has 5 nitrogen and oxygen atoms in total. The first-order valence-corrected chi connectivity index (χ1v) is 11.5. The van der Waals surface area contributed by atoms with E-state index < -0.39 is 14.6 Å². The van der Waals surface area contributed by atoms with E-state index in [1.54, 1.807) is 45.2 Å². The third-order valence-electron chi connectivity index (χ3n) is 5.32. The summed E-state index contributed by atoms with van der Waals surface area (Å²) in [5.41, 5.74) is 4.92. The standard InChI is InChI=1S/C24H27NO4S/c1-16-13-20(23-25-10-11-29-23)8-6-18(16)14-22(26)19-7-9-21(17(2)12-19)15-30(27,28)24(3,4)5/h6-13H,14-15H2,1-5H3. The second-order valence-electron chi connectivity index (χ2n) is 8.59. The van der Waals surface area contributed by atoms with Crippen LogP contribution in [0.3, 0.4) is 0 Å². The Morgan fingerprint density at radius 3 is 2.23 bits per heavy atom. The van der Waals surface area contributed by atoms with Gasteiger partial charge < -0.3 is 4.42 Å². The molecule has 0 aliphatic rings. The fourth-order valence-electron chi connectivity index (χ4n) is 3.12. The van der Waals surface area contributed by atoms with Crippen molar-refractivity contribution in [1.82, 2.24) is 4.98 Å². The summed E-state index contributed by atoms with van der Waals surface area (Å²) in [6, 6.07) is 11.0. The number of carbonyl (C=O) groups is 1. The molecular weight excluding hydrogens is 398 g/mol. The lowest BCUT2D eigenvalue weighted by Gasteiger charge is -2.20. The molecule has 1 aromatic heterocycles. The second kappa shape index (κ2) is 8.19. The summed E-state index contributed by atoms with van der Waals surface area (Å²) in [6.07, 6.45) is 3.40. The lowest BCUT2D eigenvalue weighted by molar-refractivity contribution is 0.0992. The van der Waals surface area contributed by atoms with Gasteiger partial charge >= 0.3 is 0 Å². The lowest BCUT2D eigenvalue weighted by Crippen LogP contribution is -2.29. The molecule has 0 saturated carbocycles. The van der Waals surface area contributed by atoms with E-state index >= 15 is 0 Å². The first-order chi connectivity index (χ1) is 14.0. The molecule has 0 aliphatic heterocycles. The Balaban J connectivity index is 1.77. The maximum atomic E-state index is 12.8. The molecule has 0 N–H and O–H groups in total. The molecule has 0 spiro atoms. The van der Waals surface area contributed by atoms with Crippen LogP contribution in [0.25, 0.3) is 11.5 Å². The third kappa shape index (κ3) is 4.70. The molecule has 3 rings (SSSR count). The number of sulfone groups is 1. The molecule has 0 unspecified atom stereocenters. The summed E-state index contributed by atoms with van der Waals surface area (Å²) in [4.78, 5) is 17.0. The molecule has 0 fully saturated rings. The van der Waals surface area contributed by atoms with Gasteiger partial charge in [0.05, 0.1) is 16.7 Å². The van der Waals surface area contributed by atoms with E-state index in [9.17, 15) is 13.2 Å². The lowest BCUT2D eigenvalue weighted by atomic mass is 9.96. The summed E-state index contributed by atoms with van der Waals surface area (Å²) in [5.74, 6) is 0.515. The summed E-state index contributed by atoms with van der Waals surface area (Å²) >= 11 is 0. The predicted octanol–water partition coefficient (Wildman–Crippen LogP) is 5.10. The maximum Gasteiger partial charge on any atom is 0.225 e. The Bertz CT molecular complexity index is 1170. The van der Waals surface area contributed by atoms with E-state index in [0.717, 1.165) is 27.8 Å². The number of Topliss-reactive ketones (excluding diaryl/α,β-unsaturated/α-hetero) is 1. The molecule has 3 aromatic rings. The number of carbonyl (C=O) groups excluding carboxylic acids is 1. The molecule has 30 heavy (non-hydrogen) atoms. The SMILES string of the molecule is Cc1cc(-c2ncco2)ccc1CC(=O)c1ccc(CS(=O)(=O)C(C)(C)C)c(C)c1. The highest BCUT2D eigenvalue weighted by Gasteiger charge is 2.29. The molecule has 0 saturated heterocycles. The minimum Gasteiger partial charge on any atom is -0.445 e. The zero-order chi connectivity index (χ0) is 22.1. The Kier molecular flexibility index (Phi) is 5.99. The highest BCUT2D eigenvalue weighted by molar-refractivity contribution is 7.91. The van der Waals surface area contributed by atoms with Crippen LogP contribution in [-0.2, 0) is 22.0 Å². The van der Waals surface area contributed by atoms with Crippen molar-refractivity contribution < 1.29 is 17.6 Å². The summed E-state index contributed by atoms with van der Waals surface area (Å²) in [6.45, 7) is 8.91. The van der Waals surface area contributed by atoms with E-state index in [1.807, 2.05) is 32.0 Å². The van der Waals surface area contributed by atoms with Gasteiger partial charge in [0, 0.05) is 17.5 Å². The molecule has 0 radical (unpaired) electrons. The number of hydrogen-bond acceptors (Lipinski definition) is 5. The fourth-order valence-corrected chi connectivity index (χ4v) is 4.29. The van der Waals surface area contributed by atoms with Gasteiger partial charge in [0.15, 0.2) is 15.6 Å². The number of aromatic nitrogens is 1. The Morgan fingerprint density at radius 2 is 1.67 bits per heavy atom. The molecular formula is C24H27NO4S. The Labute approximate surface area is 178 Å². The predicted molar refractivity (Wildman–Crippen MR) is 118 cm³/mol. The topological polar surface area (TPSA) is 77.2 Å². The van der Waals surface area contributed by atoms with Crippen LogP contribution in [0.2, 0.25) is 0 Å². The number of hydrogen-bond donors (Lipinski definition) is 0. The van der Waals surface area contributed by atoms with Gasteiger partial charge in [0.2, 0.25) is 5.89 Å². The Morgan fingerprint density at radius 1 is 1.00 bits per heavy atom. The Hall–Kier alpha value is -2.73. The van der Waals surface area contributed by atoms with Crippen molar-refractivity contribution in [3.63, 3.8) is 0 Å². The summed E-state index contributed by atoms with van der Waals surface area (Å²) < 4.78 is 29.5.